The molecule has 2 nitrogen and oxygen atoms in total. The molecular weight excluding hydrogens is 206 g/mol. The van der Waals surface area contributed by atoms with E-state index in [0.717, 1.165) is 5.69 Å². The van der Waals surface area contributed by atoms with Crippen LogP contribution < -0.4 is 0 Å². The monoisotopic (exact) mass is 217 g/mol. The first kappa shape index (κ1) is 9.93. The van der Waals surface area contributed by atoms with E-state index < -0.39 is 0 Å². The largest absolute Gasteiger partial charge is 0.508 e. The minimum atomic E-state index is 0.265. The fourth-order valence-corrected chi connectivity index (χ4v) is 1.97. The lowest BCUT2D eigenvalue weighted by atomic mass is 10.3. The Labute approximate surface area is 92.5 Å². The van der Waals surface area contributed by atoms with E-state index in [1.165, 1.54) is 10.4 Å². The quantitative estimate of drug-likeness (QED) is 0.767. The molecule has 0 aliphatic heterocycles. The standard InChI is InChI=1S/C12H11NOS/c1-9-6-7-15-12(9)8-13-10-2-4-11(14)5-3-10/h2-8,14H,1H3. The molecule has 0 aliphatic carbocycles. The maximum Gasteiger partial charge on any atom is 0.115 e. The number of aromatic hydroxyl groups is 1. The molecule has 0 aliphatic rings. The zero-order valence-corrected chi connectivity index (χ0v) is 9.16. The van der Waals surface area contributed by atoms with Crippen LogP contribution in [0.15, 0.2) is 40.7 Å². The fourth-order valence-electron chi connectivity index (χ4n) is 1.19. The summed E-state index contributed by atoms with van der Waals surface area (Å²) in [4.78, 5) is 5.49. The van der Waals surface area contributed by atoms with Gasteiger partial charge in [-0.15, -0.1) is 11.3 Å². The van der Waals surface area contributed by atoms with Crippen LogP contribution in [-0.2, 0) is 0 Å². The average Bonchev–Trinajstić information content (AvgIpc) is 2.63. The Morgan fingerprint density at radius 2 is 1.93 bits per heavy atom. The number of aryl methyl sites for hydroxylation is 1. The smallest absolute Gasteiger partial charge is 0.115 e. The predicted octanol–water partition coefficient (Wildman–Crippen LogP) is 3.51. The van der Waals surface area contributed by atoms with Crippen LogP contribution in [-0.4, -0.2) is 11.3 Å². The summed E-state index contributed by atoms with van der Waals surface area (Å²) >= 11 is 1.67. The molecule has 0 bridgehead atoms. The summed E-state index contributed by atoms with van der Waals surface area (Å²) in [7, 11) is 0. The second kappa shape index (κ2) is 4.28. The number of rotatable bonds is 2. The Bertz CT molecular complexity index is 471. The van der Waals surface area contributed by atoms with Crippen molar-refractivity contribution in [1.82, 2.24) is 0 Å². The Kier molecular flexibility index (Phi) is 2.83. The van der Waals surface area contributed by atoms with Crippen LogP contribution in [0, 0.1) is 6.92 Å². The Morgan fingerprint density at radius 3 is 2.53 bits per heavy atom. The van der Waals surface area contributed by atoms with Gasteiger partial charge in [-0.1, -0.05) is 0 Å². The molecule has 1 heterocycles. The third-order valence-corrected chi connectivity index (χ3v) is 3.04. The summed E-state index contributed by atoms with van der Waals surface area (Å²) in [5, 5.41) is 11.2. The van der Waals surface area contributed by atoms with Crippen LogP contribution in [0.5, 0.6) is 5.75 Å². The third-order valence-electron chi connectivity index (χ3n) is 2.08. The average molecular weight is 217 g/mol. The number of benzene rings is 1. The van der Waals surface area contributed by atoms with Gasteiger partial charge in [0.1, 0.15) is 5.75 Å². The molecule has 76 valence electrons. The van der Waals surface area contributed by atoms with Gasteiger partial charge in [-0.2, -0.15) is 0 Å². The van der Waals surface area contributed by atoms with Crippen molar-refractivity contribution in [2.24, 2.45) is 4.99 Å². The molecule has 2 aromatic rings. The minimum absolute atomic E-state index is 0.265. The van der Waals surface area contributed by atoms with Crippen molar-refractivity contribution in [2.45, 2.75) is 6.92 Å². The molecule has 1 aromatic carbocycles. The number of thiophene rings is 1. The number of hydrogen-bond donors (Lipinski definition) is 1. The van der Waals surface area contributed by atoms with Gasteiger partial charge in [0.2, 0.25) is 0 Å². The van der Waals surface area contributed by atoms with E-state index >= 15 is 0 Å². The van der Waals surface area contributed by atoms with Crippen molar-refractivity contribution in [3.05, 3.63) is 46.2 Å². The van der Waals surface area contributed by atoms with E-state index in [0.29, 0.717) is 0 Å². The fraction of sp³-hybridized carbons (Fsp3) is 0.0833. The summed E-state index contributed by atoms with van der Waals surface area (Å²) in [5.41, 5.74) is 2.09. The molecule has 0 radical (unpaired) electrons. The summed E-state index contributed by atoms with van der Waals surface area (Å²) < 4.78 is 0. The molecule has 1 aromatic heterocycles. The van der Waals surface area contributed by atoms with Crippen LogP contribution in [0.3, 0.4) is 0 Å². The van der Waals surface area contributed by atoms with E-state index in [9.17, 15) is 0 Å². The van der Waals surface area contributed by atoms with Crippen molar-refractivity contribution < 1.29 is 5.11 Å². The first-order chi connectivity index (χ1) is 7.25. The normalized spacial score (nSPS) is 11.0. The van der Waals surface area contributed by atoms with E-state index in [-0.39, 0.29) is 5.75 Å². The zero-order chi connectivity index (χ0) is 10.7. The highest BCUT2D eigenvalue weighted by molar-refractivity contribution is 7.11. The Hall–Kier alpha value is -1.61. The molecule has 3 heteroatoms. The Balaban J connectivity index is 2.19. The lowest BCUT2D eigenvalue weighted by molar-refractivity contribution is 0.475. The lowest BCUT2D eigenvalue weighted by Gasteiger charge is -1.93. The van der Waals surface area contributed by atoms with Gasteiger partial charge < -0.3 is 5.11 Å². The van der Waals surface area contributed by atoms with Crippen molar-refractivity contribution >= 4 is 23.2 Å². The van der Waals surface area contributed by atoms with Crippen LogP contribution in [0.1, 0.15) is 10.4 Å². The molecule has 0 unspecified atom stereocenters. The molecular formula is C12H11NOS. The van der Waals surface area contributed by atoms with Gasteiger partial charge >= 0.3 is 0 Å². The highest BCUT2D eigenvalue weighted by Crippen LogP contribution is 2.18. The first-order valence-electron chi connectivity index (χ1n) is 4.63. The number of aliphatic imine (C=N–C) groups is 1. The van der Waals surface area contributed by atoms with Crippen LogP contribution >= 0.6 is 11.3 Å². The highest BCUT2D eigenvalue weighted by Gasteiger charge is 1.95. The van der Waals surface area contributed by atoms with Gasteiger partial charge in [0.25, 0.3) is 0 Å². The number of phenols is 1. The van der Waals surface area contributed by atoms with E-state index in [1.54, 1.807) is 35.6 Å². The van der Waals surface area contributed by atoms with Gasteiger partial charge in [0.05, 0.1) is 5.69 Å². The van der Waals surface area contributed by atoms with Gasteiger partial charge in [0.15, 0.2) is 0 Å². The Morgan fingerprint density at radius 1 is 1.20 bits per heavy atom. The summed E-state index contributed by atoms with van der Waals surface area (Å²) in [6.45, 7) is 2.06. The lowest BCUT2D eigenvalue weighted by Crippen LogP contribution is -1.76. The third kappa shape index (κ3) is 2.44. The predicted molar refractivity (Wildman–Crippen MR) is 64.4 cm³/mol. The molecule has 2 rings (SSSR count). The van der Waals surface area contributed by atoms with E-state index in [1.807, 2.05) is 11.6 Å². The molecule has 0 saturated carbocycles. The van der Waals surface area contributed by atoms with Crippen LogP contribution in [0.25, 0.3) is 0 Å². The van der Waals surface area contributed by atoms with Crippen molar-refractivity contribution in [1.29, 1.82) is 0 Å². The maximum atomic E-state index is 9.10. The van der Waals surface area contributed by atoms with Crippen LogP contribution in [0.4, 0.5) is 5.69 Å². The highest BCUT2D eigenvalue weighted by atomic mass is 32.1. The summed E-state index contributed by atoms with van der Waals surface area (Å²) in [5.74, 6) is 0.265. The molecule has 1 N–H and O–H groups in total. The summed E-state index contributed by atoms with van der Waals surface area (Å²) in [6, 6.07) is 8.91. The molecule has 0 atom stereocenters. The van der Waals surface area contributed by atoms with E-state index in [4.69, 9.17) is 5.11 Å². The second-order valence-electron chi connectivity index (χ2n) is 3.24. The van der Waals surface area contributed by atoms with Gasteiger partial charge in [-0.3, -0.25) is 4.99 Å². The molecule has 0 spiro atoms. The molecule has 0 saturated heterocycles. The van der Waals surface area contributed by atoms with Gasteiger partial charge in [0, 0.05) is 11.1 Å². The number of hydrogen-bond acceptors (Lipinski definition) is 3. The van der Waals surface area contributed by atoms with Crippen molar-refractivity contribution in [2.75, 3.05) is 0 Å². The molecule has 0 fully saturated rings. The molecule has 15 heavy (non-hydrogen) atoms. The molecule has 0 amide bonds. The van der Waals surface area contributed by atoms with Crippen LogP contribution in [0.2, 0.25) is 0 Å². The minimum Gasteiger partial charge on any atom is -0.508 e. The van der Waals surface area contributed by atoms with Crippen molar-refractivity contribution in [3.8, 4) is 5.75 Å². The topological polar surface area (TPSA) is 32.6 Å². The van der Waals surface area contributed by atoms with Crippen molar-refractivity contribution in [3.63, 3.8) is 0 Å². The first-order valence-corrected chi connectivity index (χ1v) is 5.51. The number of nitrogens with zero attached hydrogens (tertiary/aromatic N) is 1. The summed E-state index contributed by atoms with van der Waals surface area (Å²) in [6.07, 6.45) is 1.85. The van der Waals surface area contributed by atoms with E-state index in [2.05, 4.69) is 18.0 Å². The number of phenolic OH excluding ortho intramolecular Hbond substituents is 1. The maximum absolute atomic E-state index is 9.10. The second-order valence-corrected chi connectivity index (χ2v) is 4.19. The SMILES string of the molecule is Cc1ccsc1C=Nc1ccc(O)cc1. The zero-order valence-electron chi connectivity index (χ0n) is 8.34. The van der Waals surface area contributed by atoms with Gasteiger partial charge in [-0.25, -0.2) is 0 Å². The van der Waals surface area contributed by atoms with Gasteiger partial charge in [-0.05, 0) is 48.2 Å².